The maximum Gasteiger partial charge on any atom is 0.213 e. The molecule has 2 rings (SSSR count). The Balaban J connectivity index is 2.11. The van der Waals surface area contributed by atoms with Crippen molar-refractivity contribution in [1.82, 2.24) is 14.8 Å². The zero-order valence-electron chi connectivity index (χ0n) is 8.14. The molecule has 0 aromatic carbocycles. The summed E-state index contributed by atoms with van der Waals surface area (Å²) >= 11 is 1.75. The van der Waals surface area contributed by atoms with Crippen LogP contribution in [-0.4, -0.2) is 31.6 Å². The summed E-state index contributed by atoms with van der Waals surface area (Å²) in [6.45, 7) is 0. The van der Waals surface area contributed by atoms with Gasteiger partial charge in [0, 0.05) is 7.05 Å². The SMILES string of the molecule is Cn1cnnc1C(=O)C1CCCCS1. The van der Waals surface area contributed by atoms with E-state index in [-0.39, 0.29) is 11.0 Å². The third-order valence-corrected chi connectivity index (χ3v) is 3.78. The lowest BCUT2D eigenvalue weighted by atomic mass is 10.1. The van der Waals surface area contributed by atoms with E-state index in [1.165, 1.54) is 6.42 Å². The lowest BCUT2D eigenvalue weighted by molar-refractivity contribution is 0.0971. The van der Waals surface area contributed by atoms with Crippen LogP contribution in [0.15, 0.2) is 6.33 Å². The predicted molar refractivity (Wildman–Crippen MR) is 55.4 cm³/mol. The fourth-order valence-electron chi connectivity index (χ4n) is 1.60. The molecule has 1 unspecified atom stereocenters. The fraction of sp³-hybridized carbons (Fsp3) is 0.667. The minimum atomic E-state index is 0.103. The first-order valence-electron chi connectivity index (χ1n) is 4.79. The summed E-state index contributed by atoms with van der Waals surface area (Å²) in [6.07, 6.45) is 4.94. The molecule has 1 aliphatic heterocycles. The van der Waals surface area contributed by atoms with Crippen molar-refractivity contribution in [3.8, 4) is 0 Å². The standard InChI is InChI=1S/C9H13N3OS/c1-12-6-10-11-9(12)8(13)7-4-2-3-5-14-7/h6-7H,2-5H2,1H3. The van der Waals surface area contributed by atoms with Gasteiger partial charge >= 0.3 is 0 Å². The molecule has 1 atom stereocenters. The van der Waals surface area contributed by atoms with Gasteiger partial charge in [-0.3, -0.25) is 4.79 Å². The molecule has 0 N–H and O–H groups in total. The van der Waals surface area contributed by atoms with Crippen molar-refractivity contribution >= 4 is 17.5 Å². The van der Waals surface area contributed by atoms with Gasteiger partial charge in [0.15, 0.2) is 0 Å². The summed E-state index contributed by atoms with van der Waals surface area (Å²) in [5.41, 5.74) is 0. The number of thioether (sulfide) groups is 1. The van der Waals surface area contributed by atoms with Gasteiger partial charge in [-0.1, -0.05) is 6.42 Å². The molecule has 1 fully saturated rings. The molecular formula is C9H13N3OS. The second-order valence-corrected chi connectivity index (χ2v) is 4.80. The maximum absolute atomic E-state index is 11.9. The van der Waals surface area contributed by atoms with Crippen molar-refractivity contribution < 1.29 is 4.79 Å². The van der Waals surface area contributed by atoms with Gasteiger partial charge in [-0.05, 0) is 18.6 Å². The molecule has 5 heteroatoms. The van der Waals surface area contributed by atoms with E-state index < -0.39 is 0 Å². The molecule has 76 valence electrons. The minimum absolute atomic E-state index is 0.103. The van der Waals surface area contributed by atoms with Gasteiger partial charge in [-0.25, -0.2) is 0 Å². The normalized spacial score (nSPS) is 22.2. The van der Waals surface area contributed by atoms with E-state index in [0.29, 0.717) is 5.82 Å². The van der Waals surface area contributed by atoms with Crippen molar-refractivity contribution in [2.45, 2.75) is 24.5 Å². The Kier molecular flexibility index (Phi) is 2.86. The first kappa shape index (κ1) is 9.71. The van der Waals surface area contributed by atoms with E-state index in [1.54, 1.807) is 29.7 Å². The van der Waals surface area contributed by atoms with Crippen LogP contribution < -0.4 is 0 Å². The third-order valence-electron chi connectivity index (χ3n) is 2.40. The van der Waals surface area contributed by atoms with Crippen LogP contribution in [0.5, 0.6) is 0 Å². The number of carbonyl (C=O) groups excluding carboxylic acids is 1. The van der Waals surface area contributed by atoms with Gasteiger partial charge in [0.25, 0.3) is 0 Å². The lowest BCUT2D eigenvalue weighted by Crippen LogP contribution is -2.23. The maximum atomic E-state index is 11.9. The summed E-state index contributed by atoms with van der Waals surface area (Å²) in [5, 5.41) is 7.66. The fourth-order valence-corrected chi connectivity index (χ4v) is 2.84. The Morgan fingerprint density at radius 2 is 2.50 bits per heavy atom. The van der Waals surface area contributed by atoms with Crippen LogP contribution in [0.25, 0.3) is 0 Å². The Hall–Kier alpha value is -0.840. The summed E-state index contributed by atoms with van der Waals surface area (Å²) in [5.74, 6) is 1.72. The second-order valence-electron chi connectivity index (χ2n) is 3.48. The lowest BCUT2D eigenvalue weighted by Gasteiger charge is -2.18. The molecule has 0 aliphatic carbocycles. The molecule has 2 heterocycles. The van der Waals surface area contributed by atoms with Gasteiger partial charge in [0.05, 0.1) is 5.25 Å². The van der Waals surface area contributed by atoms with E-state index in [9.17, 15) is 4.79 Å². The topological polar surface area (TPSA) is 47.8 Å². The molecule has 0 radical (unpaired) electrons. The highest BCUT2D eigenvalue weighted by Gasteiger charge is 2.25. The number of Topliss-reactive ketones (excluding diaryl/α,β-unsaturated/α-hetero) is 1. The number of aromatic nitrogens is 3. The molecule has 1 aliphatic rings. The average Bonchev–Trinajstić information content (AvgIpc) is 2.65. The van der Waals surface area contributed by atoms with Gasteiger partial charge in [-0.15, -0.1) is 10.2 Å². The number of carbonyl (C=O) groups is 1. The number of aryl methyl sites for hydroxylation is 1. The van der Waals surface area contributed by atoms with Crippen molar-refractivity contribution in [3.05, 3.63) is 12.2 Å². The number of nitrogens with zero attached hydrogens (tertiary/aromatic N) is 3. The summed E-state index contributed by atoms with van der Waals surface area (Å²) in [7, 11) is 1.81. The highest BCUT2D eigenvalue weighted by atomic mass is 32.2. The third kappa shape index (κ3) is 1.82. The number of hydrogen-bond donors (Lipinski definition) is 0. The highest BCUT2D eigenvalue weighted by Crippen LogP contribution is 2.27. The van der Waals surface area contributed by atoms with E-state index in [1.807, 2.05) is 0 Å². The minimum Gasteiger partial charge on any atom is -0.314 e. The molecule has 1 aromatic heterocycles. The van der Waals surface area contributed by atoms with Gasteiger partial charge in [0.2, 0.25) is 11.6 Å². The van der Waals surface area contributed by atoms with Crippen molar-refractivity contribution in [2.75, 3.05) is 5.75 Å². The van der Waals surface area contributed by atoms with Crippen molar-refractivity contribution in [1.29, 1.82) is 0 Å². The monoisotopic (exact) mass is 211 g/mol. The predicted octanol–water partition coefficient (Wildman–Crippen LogP) is 1.28. The molecule has 14 heavy (non-hydrogen) atoms. The number of hydrogen-bond acceptors (Lipinski definition) is 4. The van der Waals surface area contributed by atoms with Crippen LogP contribution in [0, 0.1) is 0 Å². The zero-order chi connectivity index (χ0) is 9.97. The summed E-state index contributed by atoms with van der Waals surface area (Å²) in [6, 6.07) is 0. The van der Waals surface area contributed by atoms with E-state index in [2.05, 4.69) is 10.2 Å². The molecule has 0 spiro atoms. The number of rotatable bonds is 2. The second kappa shape index (κ2) is 4.13. The summed E-state index contributed by atoms with van der Waals surface area (Å²) < 4.78 is 1.69. The molecule has 0 saturated carbocycles. The van der Waals surface area contributed by atoms with Gasteiger partial charge < -0.3 is 4.57 Å². The smallest absolute Gasteiger partial charge is 0.213 e. The molecule has 0 bridgehead atoms. The van der Waals surface area contributed by atoms with Crippen LogP contribution in [-0.2, 0) is 7.05 Å². The van der Waals surface area contributed by atoms with Crippen LogP contribution in [0.2, 0.25) is 0 Å². The van der Waals surface area contributed by atoms with E-state index >= 15 is 0 Å². The highest BCUT2D eigenvalue weighted by molar-refractivity contribution is 8.00. The van der Waals surface area contributed by atoms with Gasteiger partial charge in [0.1, 0.15) is 6.33 Å². The summed E-state index contributed by atoms with van der Waals surface area (Å²) in [4.78, 5) is 11.9. The van der Waals surface area contributed by atoms with Crippen LogP contribution in [0.4, 0.5) is 0 Å². The van der Waals surface area contributed by atoms with Gasteiger partial charge in [-0.2, -0.15) is 11.8 Å². The molecule has 4 nitrogen and oxygen atoms in total. The molecule has 1 aromatic rings. The average molecular weight is 211 g/mol. The quantitative estimate of drug-likeness (QED) is 0.691. The van der Waals surface area contributed by atoms with E-state index in [0.717, 1.165) is 18.6 Å². The Morgan fingerprint density at radius 3 is 3.07 bits per heavy atom. The molecule has 1 saturated heterocycles. The van der Waals surface area contributed by atoms with Crippen LogP contribution in [0.3, 0.4) is 0 Å². The first-order valence-corrected chi connectivity index (χ1v) is 5.84. The Morgan fingerprint density at radius 1 is 1.64 bits per heavy atom. The zero-order valence-corrected chi connectivity index (χ0v) is 8.96. The first-order chi connectivity index (χ1) is 6.79. The number of ketones is 1. The largest absolute Gasteiger partial charge is 0.314 e. The van der Waals surface area contributed by atoms with E-state index in [4.69, 9.17) is 0 Å². The Bertz CT molecular complexity index is 331. The Labute approximate surface area is 87.1 Å². The van der Waals surface area contributed by atoms with Crippen molar-refractivity contribution in [3.63, 3.8) is 0 Å². The van der Waals surface area contributed by atoms with Crippen LogP contribution in [0.1, 0.15) is 29.9 Å². The molecular weight excluding hydrogens is 198 g/mol. The van der Waals surface area contributed by atoms with Crippen LogP contribution >= 0.6 is 11.8 Å². The molecule has 0 amide bonds. The van der Waals surface area contributed by atoms with Crippen molar-refractivity contribution in [2.24, 2.45) is 7.05 Å².